The molecule has 1 saturated heterocycles. The van der Waals surface area contributed by atoms with Crippen LogP contribution in [0.25, 0.3) is 0 Å². The highest BCUT2D eigenvalue weighted by Gasteiger charge is 2.14. The highest BCUT2D eigenvalue weighted by molar-refractivity contribution is 5.99. The molecule has 33 heavy (non-hydrogen) atoms. The predicted octanol–water partition coefficient (Wildman–Crippen LogP) is 3.86. The van der Waals surface area contributed by atoms with Gasteiger partial charge in [0.1, 0.15) is 5.82 Å². The van der Waals surface area contributed by atoms with E-state index in [0.717, 1.165) is 43.4 Å². The van der Waals surface area contributed by atoms with Crippen LogP contribution in [0.4, 0.5) is 34.5 Å². The second kappa shape index (κ2) is 10.1. The van der Waals surface area contributed by atoms with Crippen molar-refractivity contribution in [2.75, 3.05) is 60.7 Å². The highest BCUT2D eigenvalue weighted by atomic mass is 16.1. The van der Waals surface area contributed by atoms with Crippen molar-refractivity contribution in [2.24, 2.45) is 0 Å². The summed E-state index contributed by atoms with van der Waals surface area (Å²) in [5.74, 6) is 0.999. The molecule has 2 N–H and O–H groups in total. The smallest absolute Gasteiger partial charge is 0.247 e. The number of likely N-dealkylation sites (N-methyl/N-ethyl adjacent to an activating group) is 1. The van der Waals surface area contributed by atoms with Crippen molar-refractivity contribution in [3.05, 3.63) is 73.4 Å². The molecule has 2 heterocycles. The number of aromatic nitrogens is 2. The Morgan fingerprint density at radius 3 is 2.55 bits per heavy atom. The molecule has 1 amide bonds. The van der Waals surface area contributed by atoms with E-state index in [-0.39, 0.29) is 5.91 Å². The second-order valence-electron chi connectivity index (χ2n) is 8.00. The molecule has 1 fully saturated rings. The average Bonchev–Trinajstić information content (AvgIpc) is 2.85. The first-order valence-electron chi connectivity index (χ1n) is 10.9. The van der Waals surface area contributed by atoms with Gasteiger partial charge in [-0.15, -0.1) is 0 Å². The Morgan fingerprint density at radius 2 is 1.82 bits per heavy atom. The molecule has 0 spiro atoms. The molecule has 2 aromatic carbocycles. The molecule has 1 aromatic heterocycles. The number of nitrogens with zero attached hydrogens (tertiary/aromatic N) is 5. The predicted molar refractivity (Wildman–Crippen MR) is 135 cm³/mol. The van der Waals surface area contributed by atoms with Crippen molar-refractivity contribution in [1.29, 1.82) is 0 Å². The zero-order chi connectivity index (χ0) is 23.2. The maximum absolute atomic E-state index is 11.6. The third-order valence-electron chi connectivity index (χ3n) is 5.66. The maximum Gasteiger partial charge on any atom is 0.247 e. The van der Waals surface area contributed by atoms with E-state index in [2.05, 4.69) is 68.3 Å². The minimum Gasteiger partial charge on any atom is -0.369 e. The maximum atomic E-state index is 11.6. The van der Waals surface area contributed by atoms with Crippen molar-refractivity contribution < 1.29 is 4.79 Å². The SMILES string of the molecule is C=CC(=O)Nc1cccc(N(C)c2ccnc(Nc3ccc(N4CCN(C)CC4)cc3)n2)c1. The molecule has 8 heteroatoms. The van der Waals surface area contributed by atoms with Gasteiger partial charge in [-0.25, -0.2) is 4.98 Å². The quantitative estimate of drug-likeness (QED) is 0.537. The van der Waals surface area contributed by atoms with Crippen LogP contribution in [0, 0.1) is 0 Å². The summed E-state index contributed by atoms with van der Waals surface area (Å²) in [5, 5.41) is 6.07. The number of carbonyl (C=O) groups excluding carboxylic acids is 1. The van der Waals surface area contributed by atoms with E-state index >= 15 is 0 Å². The Labute approximate surface area is 194 Å². The van der Waals surface area contributed by atoms with Crippen LogP contribution in [0.15, 0.2) is 73.4 Å². The molecule has 0 bridgehead atoms. The van der Waals surface area contributed by atoms with Crippen molar-refractivity contribution in [1.82, 2.24) is 14.9 Å². The van der Waals surface area contributed by atoms with Gasteiger partial charge in [0.2, 0.25) is 11.9 Å². The minimum absolute atomic E-state index is 0.248. The number of carbonyl (C=O) groups is 1. The summed E-state index contributed by atoms with van der Waals surface area (Å²) in [6.45, 7) is 7.73. The molecule has 0 atom stereocenters. The van der Waals surface area contributed by atoms with E-state index in [4.69, 9.17) is 0 Å². The number of anilines is 6. The van der Waals surface area contributed by atoms with Crippen LogP contribution in [-0.4, -0.2) is 61.0 Å². The first kappa shape index (κ1) is 22.3. The molecule has 0 unspecified atom stereocenters. The summed E-state index contributed by atoms with van der Waals surface area (Å²) >= 11 is 0. The van der Waals surface area contributed by atoms with Crippen molar-refractivity contribution in [3.63, 3.8) is 0 Å². The monoisotopic (exact) mass is 443 g/mol. The van der Waals surface area contributed by atoms with Crippen LogP contribution in [0.5, 0.6) is 0 Å². The molecular weight excluding hydrogens is 414 g/mol. The lowest BCUT2D eigenvalue weighted by molar-refractivity contribution is -0.111. The van der Waals surface area contributed by atoms with Gasteiger partial charge in [-0.05, 0) is 61.7 Å². The van der Waals surface area contributed by atoms with Crippen LogP contribution in [0.3, 0.4) is 0 Å². The Kier molecular flexibility index (Phi) is 6.85. The third kappa shape index (κ3) is 5.67. The van der Waals surface area contributed by atoms with Crippen LogP contribution in [0.2, 0.25) is 0 Å². The first-order chi connectivity index (χ1) is 16.0. The fraction of sp³-hybridized carbons (Fsp3) is 0.240. The van der Waals surface area contributed by atoms with E-state index in [1.807, 2.05) is 42.3 Å². The molecule has 0 radical (unpaired) electrons. The normalized spacial score (nSPS) is 13.9. The zero-order valence-corrected chi connectivity index (χ0v) is 19.0. The number of piperazine rings is 1. The molecule has 0 saturated carbocycles. The second-order valence-corrected chi connectivity index (χ2v) is 8.00. The molecule has 1 aliphatic heterocycles. The summed E-state index contributed by atoms with van der Waals surface area (Å²) in [4.78, 5) is 27.3. The van der Waals surface area contributed by atoms with E-state index in [9.17, 15) is 4.79 Å². The Balaban J connectivity index is 1.44. The van der Waals surface area contributed by atoms with E-state index in [1.165, 1.54) is 11.8 Å². The van der Waals surface area contributed by atoms with E-state index in [0.29, 0.717) is 11.6 Å². The lowest BCUT2D eigenvalue weighted by Gasteiger charge is -2.34. The molecule has 170 valence electrons. The number of benzene rings is 2. The first-order valence-corrected chi connectivity index (χ1v) is 10.9. The summed E-state index contributed by atoms with van der Waals surface area (Å²) < 4.78 is 0. The van der Waals surface area contributed by atoms with Gasteiger partial charge >= 0.3 is 0 Å². The lowest BCUT2D eigenvalue weighted by Crippen LogP contribution is -2.44. The topological polar surface area (TPSA) is 76.6 Å². The number of rotatable bonds is 7. The van der Waals surface area contributed by atoms with Crippen LogP contribution < -0.4 is 20.4 Å². The summed E-state index contributed by atoms with van der Waals surface area (Å²) in [6, 6.07) is 17.8. The van der Waals surface area contributed by atoms with Gasteiger partial charge in [-0.3, -0.25) is 4.79 Å². The summed E-state index contributed by atoms with van der Waals surface area (Å²) in [5.41, 5.74) is 3.74. The van der Waals surface area contributed by atoms with Crippen LogP contribution in [0.1, 0.15) is 0 Å². The Morgan fingerprint density at radius 1 is 1.06 bits per heavy atom. The molecular formula is C25H29N7O. The van der Waals surface area contributed by atoms with Gasteiger partial charge in [0.15, 0.2) is 0 Å². The van der Waals surface area contributed by atoms with Gasteiger partial charge in [0, 0.05) is 62.2 Å². The third-order valence-corrected chi connectivity index (χ3v) is 5.66. The van der Waals surface area contributed by atoms with Crippen molar-refractivity contribution in [2.45, 2.75) is 0 Å². The van der Waals surface area contributed by atoms with Gasteiger partial charge in [-0.1, -0.05) is 12.6 Å². The van der Waals surface area contributed by atoms with Gasteiger partial charge in [-0.2, -0.15) is 4.98 Å². The van der Waals surface area contributed by atoms with Gasteiger partial charge in [0.25, 0.3) is 0 Å². The fourth-order valence-corrected chi connectivity index (χ4v) is 3.66. The van der Waals surface area contributed by atoms with Gasteiger partial charge < -0.3 is 25.3 Å². The molecule has 4 rings (SSSR count). The van der Waals surface area contributed by atoms with Crippen molar-refractivity contribution in [3.8, 4) is 0 Å². The zero-order valence-electron chi connectivity index (χ0n) is 19.0. The Hall–Kier alpha value is -3.91. The number of amides is 1. The minimum atomic E-state index is -0.248. The summed E-state index contributed by atoms with van der Waals surface area (Å²) in [7, 11) is 4.08. The number of hydrogen-bond acceptors (Lipinski definition) is 7. The van der Waals surface area contributed by atoms with Crippen LogP contribution in [-0.2, 0) is 4.79 Å². The molecule has 8 nitrogen and oxygen atoms in total. The standard InChI is InChI=1S/C25H29N7O/c1-4-24(33)27-20-6-5-7-22(18-20)31(3)23-12-13-26-25(29-23)28-19-8-10-21(11-9-19)32-16-14-30(2)15-17-32/h4-13,18H,1,14-17H2,2-3H3,(H,27,33)(H,26,28,29). The average molecular weight is 444 g/mol. The largest absolute Gasteiger partial charge is 0.369 e. The number of nitrogens with one attached hydrogen (secondary N) is 2. The van der Waals surface area contributed by atoms with E-state index in [1.54, 1.807) is 6.20 Å². The molecule has 0 aliphatic carbocycles. The highest BCUT2D eigenvalue weighted by Crippen LogP contribution is 2.26. The molecule has 1 aliphatic rings. The van der Waals surface area contributed by atoms with Crippen LogP contribution >= 0.6 is 0 Å². The Bertz CT molecular complexity index is 1110. The van der Waals surface area contributed by atoms with Gasteiger partial charge in [0.05, 0.1) is 0 Å². The fourth-order valence-electron chi connectivity index (χ4n) is 3.66. The number of hydrogen-bond donors (Lipinski definition) is 2. The van der Waals surface area contributed by atoms with E-state index < -0.39 is 0 Å². The molecule has 3 aromatic rings. The summed E-state index contributed by atoms with van der Waals surface area (Å²) in [6.07, 6.45) is 2.97. The lowest BCUT2D eigenvalue weighted by atomic mass is 10.2. The van der Waals surface area contributed by atoms with Crippen molar-refractivity contribution >= 4 is 40.4 Å².